The topological polar surface area (TPSA) is 103 Å². The smallest absolute Gasteiger partial charge is 0.154 e. The molecule has 1 aromatic heterocycles. The molecular formula is C26H26FN7O. The number of hydrogen-bond acceptors (Lipinski definition) is 8. The molecule has 8 nitrogen and oxygen atoms in total. The van der Waals surface area contributed by atoms with E-state index in [2.05, 4.69) is 27.0 Å². The van der Waals surface area contributed by atoms with Gasteiger partial charge in [0.25, 0.3) is 0 Å². The van der Waals surface area contributed by atoms with Gasteiger partial charge in [-0.25, -0.2) is 19.4 Å². The maximum atomic E-state index is 14.1. The lowest BCUT2D eigenvalue weighted by Gasteiger charge is -2.31. The Morgan fingerprint density at radius 2 is 1.89 bits per heavy atom. The standard InChI is InChI=1S/C26H26FN7O/c27-19-11-17(12-20(35)13-19)23-22-24(28)29-15-30-26(22)34(32-23)14-18-10-16-6-2-3-7-21(16)31-25(18)33-8-4-1-5-9-33/h2-3,6-7,10-13,15,22,26,35H,1,4-5,8-9,14H2,(H2,28,29,30). The molecule has 3 aliphatic rings. The molecular weight excluding hydrogens is 445 g/mol. The number of anilines is 1. The fourth-order valence-electron chi connectivity index (χ4n) is 5.19. The van der Waals surface area contributed by atoms with Gasteiger partial charge in [0.2, 0.25) is 0 Å². The predicted octanol–water partition coefficient (Wildman–Crippen LogP) is 3.63. The number of hydrogen-bond donors (Lipinski definition) is 2. The molecule has 0 amide bonds. The number of nitrogens with zero attached hydrogens (tertiary/aromatic N) is 6. The van der Waals surface area contributed by atoms with Gasteiger partial charge in [0, 0.05) is 35.7 Å². The first-order chi connectivity index (χ1) is 17.1. The number of amidine groups is 1. The lowest BCUT2D eigenvalue weighted by molar-refractivity contribution is 0.214. The van der Waals surface area contributed by atoms with Gasteiger partial charge in [-0.3, -0.25) is 5.01 Å². The highest BCUT2D eigenvalue weighted by Gasteiger charge is 2.42. The molecule has 2 aromatic carbocycles. The van der Waals surface area contributed by atoms with Gasteiger partial charge in [0.15, 0.2) is 6.17 Å². The zero-order valence-corrected chi connectivity index (χ0v) is 19.2. The molecule has 0 spiro atoms. The van der Waals surface area contributed by atoms with Crippen LogP contribution in [0.1, 0.15) is 30.4 Å². The third-order valence-corrected chi connectivity index (χ3v) is 6.83. The second-order valence-electron chi connectivity index (χ2n) is 9.20. The molecule has 3 aliphatic heterocycles. The molecule has 2 atom stereocenters. The molecule has 3 aromatic rings. The van der Waals surface area contributed by atoms with Crippen LogP contribution in [0.3, 0.4) is 0 Å². The summed E-state index contributed by atoms with van der Waals surface area (Å²) in [6, 6.07) is 14.2. The molecule has 4 heterocycles. The van der Waals surface area contributed by atoms with Gasteiger partial charge < -0.3 is 15.7 Å². The van der Waals surface area contributed by atoms with Crippen molar-refractivity contribution in [2.75, 3.05) is 18.0 Å². The van der Waals surface area contributed by atoms with Crippen LogP contribution in [0.2, 0.25) is 0 Å². The number of benzene rings is 2. The average Bonchev–Trinajstić information content (AvgIpc) is 3.23. The molecule has 1 saturated heterocycles. The van der Waals surface area contributed by atoms with E-state index in [1.807, 2.05) is 23.2 Å². The maximum absolute atomic E-state index is 14.1. The van der Waals surface area contributed by atoms with Crippen LogP contribution in [0.4, 0.5) is 10.2 Å². The van der Waals surface area contributed by atoms with Crippen molar-refractivity contribution >= 4 is 34.6 Å². The van der Waals surface area contributed by atoms with Gasteiger partial charge in [-0.05, 0) is 43.5 Å². The Balaban J connectivity index is 1.42. The zero-order valence-electron chi connectivity index (χ0n) is 19.2. The Morgan fingerprint density at radius 1 is 1.06 bits per heavy atom. The number of hydrazone groups is 1. The second-order valence-corrected chi connectivity index (χ2v) is 9.20. The Bertz CT molecular complexity index is 1360. The first-order valence-corrected chi connectivity index (χ1v) is 11.9. The number of aromatic hydroxyl groups is 1. The largest absolute Gasteiger partial charge is 0.508 e. The summed E-state index contributed by atoms with van der Waals surface area (Å²) in [5.74, 6) is 0.182. The minimum atomic E-state index is -0.543. The fraction of sp³-hybridized carbons (Fsp3) is 0.308. The summed E-state index contributed by atoms with van der Waals surface area (Å²) in [4.78, 5) is 16.2. The third kappa shape index (κ3) is 3.96. The summed E-state index contributed by atoms with van der Waals surface area (Å²) >= 11 is 0. The number of para-hydroxylation sites is 1. The second kappa shape index (κ2) is 8.65. The van der Waals surface area contributed by atoms with Crippen molar-refractivity contribution in [1.82, 2.24) is 9.99 Å². The van der Waals surface area contributed by atoms with E-state index >= 15 is 0 Å². The summed E-state index contributed by atoms with van der Waals surface area (Å²) < 4.78 is 14.1. The predicted molar refractivity (Wildman–Crippen MR) is 135 cm³/mol. The molecule has 3 N–H and O–H groups in total. The molecule has 0 bridgehead atoms. The number of phenols is 1. The minimum absolute atomic E-state index is 0.168. The quantitative estimate of drug-likeness (QED) is 0.605. The van der Waals surface area contributed by atoms with Crippen LogP contribution < -0.4 is 10.6 Å². The van der Waals surface area contributed by atoms with Crippen molar-refractivity contribution in [2.24, 2.45) is 26.7 Å². The van der Waals surface area contributed by atoms with Crippen LogP contribution in [0.5, 0.6) is 5.75 Å². The lowest BCUT2D eigenvalue weighted by Crippen LogP contribution is -2.42. The van der Waals surface area contributed by atoms with E-state index in [1.165, 1.54) is 24.9 Å². The summed E-state index contributed by atoms with van der Waals surface area (Å²) in [6.45, 7) is 2.40. The average molecular weight is 472 g/mol. The molecule has 2 unspecified atom stereocenters. The third-order valence-electron chi connectivity index (χ3n) is 6.83. The SMILES string of the molecule is NC1=NC=NC2C1C(c1cc(O)cc(F)c1)=NN2Cc1cc2ccccc2nc1N1CCCCC1. The van der Waals surface area contributed by atoms with Gasteiger partial charge in [-0.1, -0.05) is 18.2 Å². The first kappa shape index (κ1) is 21.5. The van der Waals surface area contributed by atoms with Crippen LogP contribution in [-0.2, 0) is 6.54 Å². The molecule has 0 radical (unpaired) electrons. The van der Waals surface area contributed by atoms with Gasteiger partial charge in [0.05, 0.1) is 17.8 Å². The monoisotopic (exact) mass is 471 g/mol. The van der Waals surface area contributed by atoms with E-state index in [1.54, 1.807) is 0 Å². The number of aromatic nitrogens is 1. The molecule has 0 saturated carbocycles. The van der Waals surface area contributed by atoms with Crippen molar-refractivity contribution in [2.45, 2.75) is 32.0 Å². The zero-order chi connectivity index (χ0) is 23.9. The summed E-state index contributed by atoms with van der Waals surface area (Å²) in [6.07, 6.45) is 4.57. The highest BCUT2D eigenvalue weighted by Crippen LogP contribution is 2.34. The van der Waals surface area contributed by atoms with Crippen LogP contribution in [0.25, 0.3) is 10.9 Å². The first-order valence-electron chi connectivity index (χ1n) is 11.9. The summed E-state index contributed by atoms with van der Waals surface area (Å²) in [5.41, 5.74) is 9.28. The highest BCUT2D eigenvalue weighted by molar-refractivity contribution is 6.17. The highest BCUT2D eigenvalue weighted by atomic mass is 19.1. The number of nitrogens with two attached hydrogens (primary N) is 1. The molecule has 0 aliphatic carbocycles. The number of aliphatic imine (C=N–C) groups is 2. The number of piperidine rings is 1. The molecule has 178 valence electrons. The van der Waals surface area contributed by atoms with E-state index in [0.717, 1.165) is 54.3 Å². The van der Waals surface area contributed by atoms with Gasteiger partial charge >= 0.3 is 0 Å². The van der Waals surface area contributed by atoms with Crippen molar-refractivity contribution in [1.29, 1.82) is 0 Å². The van der Waals surface area contributed by atoms with Crippen LogP contribution in [0, 0.1) is 11.7 Å². The van der Waals surface area contributed by atoms with Crippen molar-refractivity contribution in [3.05, 3.63) is 65.5 Å². The normalized spacial score (nSPS) is 21.7. The van der Waals surface area contributed by atoms with Gasteiger partial charge in [-0.2, -0.15) is 5.10 Å². The molecule has 9 heteroatoms. The van der Waals surface area contributed by atoms with Gasteiger partial charge in [-0.15, -0.1) is 0 Å². The van der Waals surface area contributed by atoms with E-state index in [4.69, 9.17) is 15.8 Å². The van der Waals surface area contributed by atoms with Gasteiger partial charge in [0.1, 0.15) is 35.5 Å². The molecule has 35 heavy (non-hydrogen) atoms. The Labute approximate surface area is 202 Å². The van der Waals surface area contributed by atoms with E-state index < -0.39 is 17.9 Å². The number of fused-ring (bicyclic) bond motifs is 2. The van der Waals surface area contributed by atoms with Crippen molar-refractivity contribution in [3.8, 4) is 5.75 Å². The Morgan fingerprint density at radius 3 is 2.71 bits per heavy atom. The minimum Gasteiger partial charge on any atom is -0.508 e. The number of pyridine rings is 1. The maximum Gasteiger partial charge on any atom is 0.154 e. The van der Waals surface area contributed by atoms with Crippen molar-refractivity contribution < 1.29 is 9.50 Å². The van der Waals surface area contributed by atoms with Crippen LogP contribution in [-0.4, -0.2) is 52.2 Å². The molecule has 6 rings (SSSR count). The number of halogens is 1. The number of rotatable bonds is 4. The molecule has 1 fully saturated rings. The summed E-state index contributed by atoms with van der Waals surface area (Å²) in [5, 5.41) is 17.8. The van der Waals surface area contributed by atoms with Crippen LogP contribution in [0.15, 0.2) is 63.6 Å². The summed E-state index contributed by atoms with van der Waals surface area (Å²) in [7, 11) is 0. The Hall–Kier alpha value is -4.01. The van der Waals surface area contributed by atoms with Crippen LogP contribution >= 0.6 is 0 Å². The van der Waals surface area contributed by atoms with E-state index in [-0.39, 0.29) is 5.75 Å². The van der Waals surface area contributed by atoms with E-state index in [9.17, 15) is 9.50 Å². The number of phenolic OH excluding ortho intramolecular Hbond substituents is 1. The fourth-order valence-corrected chi connectivity index (χ4v) is 5.19. The Kier molecular flexibility index (Phi) is 5.32. The van der Waals surface area contributed by atoms with Crippen molar-refractivity contribution in [3.63, 3.8) is 0 Å². The van der Waals surface area contributed by atoms with E-state index in [0.29, 0.717) is 23.7 Å². The lowest BCUT2D eigenvalue weighted by atomic mass is 9.93.